The summed E-state index contributed by atoms with van der Waals surface area (Å²) in [6.45, 7) is 0. The van der Waals surface area contributed by atoms with Crippen LogP contribution in [0.4, 0.5) is 4.39 Å². The molecule has 3 N–H and O–H groups in total. The maximum absolute atomic E-state index is 13.6. The van der Waals surface area contributed by atoms with Crippen molar-refractivity contribution in [2.75, 3.05) is 0 Å². The summed E-state index contributed by atoms with van der Waals surface area (Å²) in [7, 11) is 0. The van der Waals surface area contributed by atoms with E-state index >= 15 is 0 Å². The first-order chi connectivity index (χ1) is 8.22. The predicted molar refractivity (Wildman–Crippen MR) is 62.9 cm³/mol. The van der Waals surface area contributed by atoms with Crippen LogP contribution in [0.1, 0.15) is 5.56 Å². The van der Waals surface area contributed by atoms with Crippen molar-refractivity contribution in [3.05, 3.63) is 35.1 Å². The number of nitrogens with two attached hydrogens (primary N) is 1. The average Bonchev–Trinajstić information content (AvgIpc) is 2.81. The molecule has 2 aromatic rings. The van der Waals surface area contributed by atoms with Gasteiger partial charge in [0.2, 0.25) is 0 Å². The second kappa shape index (κ2) is 5.11. The number of halogens is 1. The molecule has 2 rings (SSSR count). The van der Waals surface area contributed by atoms with E-state index in [9.17, 15) is 4.39 Å². The molecule has 1 aromatic carbocycles. The van der Waals surface area contributed by atoms with Crippen molar-refractivity contribution in [3.63, 3.8) is 0 Å². The van der Waals surface area contributed by atoms with Gasteiger partial charge in [0.05, 0.1) is 5.56 Å². The van der Waals surface area contributed by atoms with Crippen molar-refractivity contribution in [1.82, 2.24) is 10.2 Å². The van der Waals surface area contributed by atoms with Crippen molar-refractivity contribution in [3.8, 4) is 0 Å². The van der Waals surface area contributed by atoms with E-state index < -0.39 is 5.82 Å². The molecule has 1 aromatic heterocycles. The highest BCUT2D eigenvalue weighted by atomic mass is 32.2. The zero-order valence-corrected chi connectivity index (χ0v) is 10.0. The molecule has 5 nitrogen and oxygen atoms in total. The number of aromatic nitrogens is 2. The van der Waals surface area contributed by atoms with Gasteiger partial charge in [-0.3, -0.25) is 0 Å². The number of nitrogens with zero attached hydrogens (tertiary/aromatic N) is 3. The highest BCUT2D eigenvalue weighted by Gasteiger charge is 2.14. The van der Waals surface area contributed by atoms with Gasteiger partial charge in [-0.25, -0.2) is 4.39 Å². The molecule has 0 radical (unpaired) electrons. The van der Waals surface area contributed by atoms with Gasteiger partial charge in [-0.1, -0.05) is 34.3 Å². The first-order valence-corrected chi connectivity index (χ1v) is 6.12. The van der Waals surface area contributed by atoms with Crippen LogP contribution in [0.15, 0.2) is 38.1 Å². The van der Waals surface area contributed by atoms with Crippen molar-refractivity contribution < 1.29 is 9.60 Å². The molecule has 0 unspecified atom stereocenters. The minimum atomic E-state index is -0.546. The van der Waals surface area contributed by atoms with Crippen LogP contribution in [-0.2, 0) is 0 Å². The standard InChI is InChI=1S/C9H7FN4OS2/c10-5-2-1-3-6(7(5)8(11)14-15)17-9-13-12-4-16-9/h1-4,15H,(H2,11,14). The lowest BCUT2D eigenvalue weighted by Crippen LogP contribution is -2.16. The van der Waals surface area contributed by atoms with E-state index in [0.717, 1.165) is 0 Å². The van der Waals surface area contributed by atoms with Gasteiger partial charge in [0.15, 0.2) is 10.2 Å². The third-order valence-corrected chi connectivity index (χ3v) is 3.71. The second-order valence-electron chi connectivity index (χ2n) is 2.90. The van der Waals surface area contributed by atoms with Gasteiger partial charge < -0.3 is 10.9 Å². The lowest BCUT2D eigenvalue weighted by atomic mass is 10.2. The number of amidine groups is 1. The number of hydrogen-bond donors (Lipinski definition) is 2. The van der Waals surface area contributed by atoms with Gasteiger partial charge in [0.1, 0.15) is 11.3 Å². The lowest BCUT2D eigenvalue weighted by molar-refractivity contribution is 0.318. The van der Waals surface area contributed by atoms with E-state index in [4.69, 9.17) is 10.9 Å². The molecule has 0 fully saturated rings. The minimum Gasteiger partial charge on any atom is -0.409 e. The monoisotopic (exact) mass is 270 g/mol. The van der Waals surface area contributed by atoms with Gasteiger partial charge in [-0.15, -0.1) is 10.2 Å². The fourth-order valence-corrected chi connectivity index (χ4v) is 2.79. The van der Waals surface area contributed by atoms with Crippen LogP contribution in [0, 0.1) is 5.82 Å². The van der Waals surface area contributed by atoms with Crippen molar-refractivity contribution in [1.29, 1.82) is 0 Å². The van der Waals surface area contributed by atoms with Crippen LogP contribution in [0.3, 0.4) is 0 Å². The predicted octanol–water partition coefficient (Wildman–Crippen LogP) is 1.92. The molecular formula is C9H7FN4OS2. The fraction of sp³-hybridized carbons (Fsp3) is 0. The highest BCUT2D eigenvalue weighted by Crippen LogP contribution is 2.32. The van der Waals surface area contributed by atoms with Crippen molar-refractivity contribution >= 4 is 28.9 Å². The first kappa shape index (κ1) is 11.8. The second-order valence-corrected chi connectivity index (χ2v) is 5.03. The molecule has 0 spiro atoms. The molecular weight excluding hydrogens is 263 g/mol. The maximum Gasteiger partial charge on any atom is 0.178 e. The Bertz CT molecular complexity index is 544. The Morgan fingerprint density at radius 2 is 2.35 bits per heavy atom. The Balaban J connectivity index is 2.43. The normalized spacial score (nSPS) is 11.7. The third-order valence-electron chi connectivity index (χ3n) is 1.88. The van der Waals surface area contributed by atoms with E-state index in [1.807, 2.05) is 0 Å². The topological polar surface area (TPSA) is 84.4 Å². The number of rotatable bonds is 3. The van der Waals surface area contributed by atoms with Gasteiger partial charge in [0.25, 0.3) is 0 Å². The molecule has 0 aliphatic carbocycles. The van der Waals surface area contributed by atoms with E-state index in [-0.39, 0.29) is 11.4 Å². The quantitative estimate of drug-likeness (QED) is 0.385. The Labute approximate surface area is 104 Å². The van der Waals surface area contributed by atoms with E-state index in [2.05, 4.69) is 15.4 Å². The lowest BCUT2D eigenvalue weighted by Gasteiger charge is -2.06. The zero-order valence-electron chi connectivity index (χ0n) is 8.37. The van der Waals surface area contributed by atoms with Crippen LogP contribution in [0.2, 0.25) is 0 Å². The average molecular weight is 270 g/mol. The molecule has 0 amide bonds. The van der Waals surface area contributed by atoms with Crippen molar-refractivity contribution in [2.24, 2.45) is 10.9 Å². The maximum atomic E-state index is 13.6. The Hall–Kier alpha value is -1.67. The highest BCUT2D eigenvalue weighted by molar-refractivity contribution is 8.01. The van der Waals surface area contributed by atoms with Gasteiger partial charge in [0, 0.05) is 4.90 Å². The van der Waals surface area contributed by atoms with Crippen LogP contribution in [0.25, 0.3) is 0 Å². The number of hydrogen-bond acceptors (Lipinski definition) is 6. The molecule has 1 heterocycles. The third kappa shape index (κ3) is 2.53. The molecule has 0 aliphatic rings. The molecule has 88 valence electrons. The van der Waals surface area contributed by atoms with E-state index in [1.165, 1.54) is 29.2 Å². The van der Waals surface area contributed by atoms with Gasteiger partial charge in [-0.2, -0.15) is 0 Å². The Kier molecular flexibility index (Phi) is 3.55. The SMILES string of the molecule is NC(=NO)c1c(F)cccc1Sc1nncs1. The Morgan fingerprint density at radius 1 is 1.53 bits per heavy atom. The molecule has 17 heavy (non-hydrogen) atoms. The summed E-state index contributed by atoms with van der Waals surface area (Å²) in [6, 6.07) is 4.47. The molecule has 8 heteroatoms. The number of benzene rings is 1. The summed E-state index contributed by atoms with van der Waals surface area (Å²) in [5.41, 5.74) is 7.08. The van der Waals surface area contributed by atoms with E-state index in [0.29, 0.717) is 9.24 Å². The van der Waals surface area contributed by atoms with Crippen LogP contribution in [0.5, 0.6) is 0 Å². The summed E-state index contributed by atoms with van der Waals surface area (Å²) in [5, 5.41) is 19.0. The van der Waals surface area contributed by atoms with Gasteiger partial charge >= 0.3 is 0 Å². The van der Waals surface area contributed by atoms with Crippen LogP contribution >= 0.6 is 23.1 Å². The van der Waals surface area contributed by atoms with E-state index in [1.54, 1.807) is 17.6 Å². The molecule has 0 saturated heterocycles. The first-order valence-electron chi connectivity index (χ1n) is 4.43. The summed E-state index contributed by atoms with van der Waals surface area (Å²) < 4.78 is 14.3. The Morgan fingerprint density at radius 3 is 3.00 bits per heavy atom. The summed E-state index contributed by atoms with van der Waals surface area (Å²) in [4.78, 5) is 0.525. The largest absolute Gasteiger partial charge is 0.409 e. The molecule has 0 bridgehead atoms. The molecule has 0 aliphatic heterocycles. The number of oxime groups is 1. The van der Waals surface area contributed by atoms with Crippen LogP contribution in [-0.4, -0.2) is 21.2 Å². The smallest absolute Gasteiger partial charge is 0.178 e. The van der Waals surface area contributed by atoms with Gasteiger partial charge in [-0.05, 0) is 12.1 Å². The summed E-state index contributed by atoms with van der Waals surface area (Å²) in [5.74, 6) is -0.815. The minimum absolute atomic E-state index is 0.0650. The molecule has 0 saturated carbocycles. The summed E-state index contributed by atoms with van der Waals surface area (Å²) in [6.07, 6.45) is 0. The van der Waals surface area contributed by atoms with Crippen molar-refractivity contribution in [2.45, 2.75) is 9.24 Å². The molecule has 0 atom stereocenters. The summed E-state index contributed by atoms with van der Waals surface area (Å²) >= 11 is 2.54. The fourth-order valence-electron chi connectivity index (χ4n) is 1.19. The van der Waals surface area contributed by atoms with Crippen LogP contribution < -0.4 is 5.73 Å². The zero-order chi connectivity index (χ0) is 12.3.